The highest BCUT2D eigenvalue weighted by Crippen LogP contribution is 2.36. The third-order valence-corrected chi connectivity index (χ3v) is 5.14. The molecule has 29 heavy (non-hydrogen) atoms. The zero-order valence-electron chi connectivity index (χ0n) is 15.6. The van der Waals surface area contributed by atoms with E-state index in [1.807, 2.05) is 42.5 Å². The predicted molar refractivity (Wildman–Crippen MR) is 112 cm³/mol. The Hall–Kier alpha value is -2.50. The highest BCUT2D eigenvalue weighted by Gasteiger charge is 2.37. The van der Waals surface area contributed by atoms with Gasteiger partial charge in [-0.05, 0) is 48.6 Å². The van der Waals surface area contributed by atoms with E-state index >= 15 is 0 Å². The van der Waals surface area contributed by atoms with Gasteiger partial charge in [-0.25, -0.2) is 4.79 Å². The van der Waals surface area contributed by atoms with Crippen LogP contribution in [-0.4, -0.2) is 35.0 Å². The molecule has 1 aliphatic carbocycles. The second-order valence-corrected chi connectivity index (χ2v) is 7.79. The highest BCUT2D eigenvalue weighted by atomic mass is 35.5. The summed E-state index contributed by atoms with van der Waals surface area (Å²) in [5.41, 5.74) is 0.938. The molecular formula is C22H21Cl2NO4. The third-order valence-electron chi connectivity index (χ3n) is 4.64. The molecule has 2 aromatic rings. The second-order valence-electron chi connectivity index (χ2n) is 6.92. The number of halogens is 2. The quantitative estimate of drug-likeness (QED) is 0.691. The fourth-order valence-corrected chi connectivity index (χ4v) is 3.26. The van der Waals surface area contributed by atoms with E-state index in [4.69, 9.17) is 33.0 Å². The molecule has 1 heterocycles. The molecule has 0 radical (unpaired) electrons. The molecule has 152 valence electrons. The van der Waals surface area contributed by atoms with Crippen molar-refractivity contribution in [3.8, 4) is 0 Å². The van der Waals surface area contributed by atoms with Crippen LogP contribution in [0.3, 0.4) is 0 Å². The van der Waals surface area contributed by atoms with Crippen molar-refractivity contribution in [1.82, 2.24) is 4.90 Å². The van der Waals surface area contributed by atoms with Crippen LogP contribution < -0.4 is 0 Å². The Morgan fingerprint density at radius 2 is 1.69 bits per heavy atom. The van der Waals surface area contributed by atoms with Crippen molar-refractivity contribution in [2.45, 2.75) is 18.9 Å². The van der Waals surface area contributed by atoms with Crippen LogP contribution in [0.15, 0.2) is 66.4 Å². The number of morpholine rings is 1. The van der Waals surface area contributed by atoms with E-state index in [1.54, 1.807) is 17.0 Å². The van der Waals surface area contributed by atoms with E-state index in [1.165, 1.54) is 0 Å². The lowest BCUT2D eigenvalue weighted by molar-refractivity contribution is -0.142. The molecule has 5 nitrogen and oxygen atoms in total. The SMILES string of the molecule is Clc1ccccc1.O=C(O)/C=C1/OCC(c2ccc(Cl)cc2)N(CC2CC2)C1=O. The first-order valence-electron chi connectivity index (χ1n) is 9.28. The number of amides is 1. The molecule has 1 N–H and O–H groups in total. The van der Waals surface area contributed by atoms with Crippen molar-refractivity contribution in [3.05, 3.63) is 82.0 Å². The van der Waals surface area contributed by atoms with Gasteiger partial charge in [0, 0.05) is 16.6 Å². The number of carboxylic acids is 1. The van der Waals surface area contributed by atoms with Crippen molar-refractivity contribution >= 4 is 35.1 Å². The van der Waals surface area contributed by atoms with Crippen molar-refractivity contribution in [1.29, 1.82) is 0 Å². The van der Waals surface area contributed by atoms with E-state index in [-0.39, 0.29) is 24.3 Å². The number of hydrogen-bond donors (Lipinski definition) is 1. The molecule has 4 rings (SSSR count). The summed E-state index contributed by atoms with van der Waals surface area (Å²) >= 11 is 11.4. The van der Waals surface area contributed by atoms with E-state index < -0.39 is 5.97 Å². The Morgan fingerprint density at radius 1 is 1.07 bits per heavy atom. The minimum Gasteiger partial charge on any atom is -0.485 e. The largest absolute Gasteiger partial charge is 0.485 e. The highest BCUT2D eigenvalue weighted by molar-refractivity contribution is 6.30. The van der Waals surface area contributed by atoms with Gasteiger partial charge >= 0.3 is 5.97 Å². The van der Waals surface area contributed by atoms with Crippen LogP contribution in [0.25, 0.3) is 0 Å². The lowest BCUT2D eigenvalue weighted by Gasteiger charge is -2.37. The minimum absolute atomic E-state index is 0.0987. The van der Waals surface area contributed by atoms with Crippen molar-refractivity contribution in [3.63, 3.8) is 0 Å². The molecule has 1 unspecified atom stereocenters. The number of aliphatic carboxylic acids is 1. The maximum Gasteiger partial charge on any atom is 0.332 e. The first-order chi connectivity index (χ1) is 13.9. The number of carbonyl (C=O) groups excluding carboxylic acids is 1. The van der Waals surface area contributed by atoms with Gasteiger partial charge in [0.15, 0.2) is 5.76 Å². The normalized spacial score (nSPS) is 19.9. The molecule has 2 fully saturated rings. The second kappa shape index (κ2) is 9.81. The van der Waals surface area contributed by atoms with Crippen LogP contribution in [0.5, 0.6) is 0 Å². The number of hydrogen-bond acceptors (Lipinski definition) is 3. The summed E-state index contributed by atoms with van der Waals surface area (Å²) in [6.07, 6.45) is 3.05. The lowest BCUT2D eigenvalue weighted by Crippen LogP contribution is -2.44. The maximum absolute atomic E-state index is 12.5. The Bertz CT molecular complexity index is 879. The number of benzene rings is 2. The summed E-state index contributed by atoms with van der Waals surface area (Å²) < 4.78 is 5.39. The van der Waals surface area contributed by atoms with E-state index in [9.17, 15) is 9.59 Å². The average Bonchev–Trinajstić information content (AvgIpc) is 3.51. The molecule has 1 amide bonds. The summed E-state index contributed by atoms with van der Waals surface area (Å²) in [7, 11) is 0. The van der Waals surface area contributed by atoms with Gasteiger partial charge in [-0.1, -0.05) is 53.5 Å². The Labute approximate surface area is 179 Å². The number of carbonyl (C=O) groups is 2. The summed E-state index contributed by atoms with van der Waals surface area (Å²) in [6.45, 7) is 0.881. The van der Waals surface area contributed by atoms with Gasteiger partial charge in [0.05, 0.1) is 12.1 Å². The molecule has 0 bridgehead atoms. The molecule has 1 atom stereocenters. The van der Waals surface area contributed by atoms with Crippen molar-refractivity contribution in [2.75, 3.05) is 13.2 Å². The molecule has 2 aliphatic rings. The first-order valence-corrected chi connectivity index (χ1v) is 10.0. The van der Waals surface area contributed by atoms with Crippen LogP contribution in [0, 0.1) is 5.92 Å². The number of ether oxygens (including phenoxy) is 1. The van der Waals surface area contributed by atoms with Gasteiger partial charge < -0.3 is 14.7 Å². The van der Waals surface area contributed by atoms with Gasteiger partial charge in [-0.2, -0.15) is 0 Å². The van der Waals surface area contributed by atoms with Gasteiger partial charge in [0.25, 0.3) is 5.91 Å². The topological polar surface area (TPSA) is 66.8 Å². The molecule has 0 aromatic heterocycles. The predicted octanol–water partition coefficient (Wildman–Crippen LogP) is 4.96. The smallest absolute Gasteiger partial charge is 0.332 e. The van der Waals surface area contributed by atoms with E-state index in [0.29, 0.717) is 17.5 Å². The van der Waals surface area contributed by atoms with Crippen LogP contribution >= 0.6 is 23.2 Å². The van der Waals surface area contributed by atoms with Gasteiger partial charge in [-0.15, -0.1) is 0 Å². The number of nitrogens with zero attached hydrogens (tertiary/aromatic N) is 1. The number of rotatable bonds is 4. The fourth-order valence-electron chi connectivity index (χ4n) is 2.98. The third kappa shape index (κ3) is 6.24. The Morgan fingerprint density at radius 3 is 2.21 bits per heavy atom. The fraction of sp³-hybridized carbons (Fsp3) is 0.273. The molecule has 2 aromatic carbocycles. The summed E-state index contributed by atoms with van der Waals surface area (Å²) in [5, 5.41) is 10.3. The summed E-state index contributed by atoms with van der Waals surface area (Å²) in [6, 6.07) is 16.5. The van der Waals surface area contributed by atoms with Crippen LogP contribution in [0.2, 0.25) is 10.0 Å². The standard InChI is InChI=1S/C16H16ClNO4.C6H5Cl/c17-12-5-3-11(4-6-12)13-9-22-14(7-15(19)20)16(21)18(13)8-10-1-2-10;7-6-4-2-1-3-5-6/h3-7,10,13H,1-2,8-9H2,(H,19,20);1-5H/b14-7+;. The van der Waals surface area contributed by atoms with Crippen LogP contribution in [0.4, 0.5) is 0 Å². The summed E-state index contributed by atoms with van der Waals surface area (Å²) in [5.74, 6) is -1.14. The zero-order chi connectivity index (χ0) is 20.8. The minimum atomic E-state index is -1.18. The van der Waals surface area contributed by atoms with Crippen molar-refractivity contribution in [2.24, 2.45) is 5.92 Å². The Balaban J connectivity index is 0.000000290. The molecule has 1 aliphatic heterocycles. The summed E-state index contributed by atoms with van der Waals surface area (Å²) in [4.78, 5) is 25.0. The van der Waals surface area contributed by atoms with Crippen molar-refractivity contribution < 1.29 is 19.4 Å². The van der Waals surface area contributed by atoms with Crippen LogP contribution in [0.1, 0.15) is 24.4 Å². The molecule has 1 saturated heterocycles. The molecule has 7 heteroatoms. The van der Waals surface area contributed by atoms with E-state index in [0.717, 1.165) is 29.5 Å². The maximum atomic E-state index is 12.5. The first kappa shape index (κ1) is 21.2. The van der Waals surface area contributed by atoms with Crippen LogP contribution in [-0.2, 0) is 14.3 Å². The lowest BCUT2D eigenvalue weighted by atomic mass is 10.0. The zero-order valence-corrected chi connectivity index (χ0v) is 17.1. The van der Waals surface area contributed by atoms with Gasteiger partial charge in [0.2, 0.25) is 0 Å². The molecule has 0 spiro atoms. The van der Waals surface area contributed by atoms with Gasteiger partial charge in [-0.3, -0.25) is 4.79 Å². The average molecular weight is 434 g/mol. The Kier molecular flexibility index (Phi) is 7.18. The number of carboxylic acid groups (broad SMARTS) is 1. The molecular weight excluding hydrogens is 413 g/mol. The van der Waals surface area contributed by atoms with Gasteiger partial charge in [0.1, 0.15) is 6.61 Å². The van der Waals surface area contributed by atoms with E-state index in [2.05, 4.69) is 0 Å². The monoisotopic (exact) mass is 433 g/mol. The molecule has 1 saturated carbocycles.